The molecule has 1 aromatic carbocycles. The fraction of sp³-hybridized carbons (Fsp3) is 0.583. The summed E-state index contributed by atoms with van der Waals surface area (Å²) in [5.74, 6) is -0.147. The summed E-state index contributed by atoms with van der Waals surface area (Å²) in [5.41, 5.74) is 9.07. The molecule has 2 N–H and O–H groups in total. The van der Waals surface area contributed by atoms with Gasteiger partial charge in [-0.15, -0.1) is 0 Å². The molecule has 1 unspecified atom stereocenters. The van der Waals surface area contributed by atoms with Crippen LogP contribution in [-0.4, -0.2) is 28.8 Å². The molecular weight excluding hydrogens is 383 g/mol. The maximum Gasteiger partial charge on any atom is 0.128 e. The third-order valence-electron chi connectivity index (χ3n) is 6.19. The summed E-state index contributed by atoms with van der Waals surface area (Å²) in [5, 5.41) is 0.441. The van der Waals surface area contributed by atoms with Gasteiger partial charge in [0.2, 0.25) is 0 Å². The van der Waals surface area contributed by atoms with Gasteiger partial charge in [-0.25, -0.2) is 8.70 Å². The van der Waals surface area contributed by atoms with Gasteiger partial charge in [0, 0.05) is 42.2 Å². The van der Waals surface area contributed by atoms with Crippen LogP contribution in [0.4, 0.5) is 4.39 Å². The largest absolute Gasteiger partial charge is 0.381 e. The molecule has 3 rings (SSSR count). The van der Waals surface area contributed by atoms with Crippen molar-refractivity contribution in [2.24, 2.45) is 5.73 Å². The van der Waals surface area contributed by atoms with E-state index in [0.29, 0.717) is 31.1 Å². The number of nitrogens with two attached hydrogens (primary N) is 1. The Labute approximate surface area is 179 Å². The van der Waals surface area contributed by atoms with E-state index < -0.39 is 5.54 Å². The molecule has 2 heterocycles. The van der Waals surface area contributed by atoms with Gasteiger partial charge >= 0.3 is 0 Å². The van der Waals surface area contributed by atoms with E-state index in [9.17, 15) is 0 Å². The Kier molecular flexibility index (Phi) is 7.97. The fourth-order valence-electron chi connectivity index (χ4n) is 4.10. The Morgan fingerprint density at radius 1 is 1.34 bits per heavy atom. The monoisotopic (exact) mass is 418 g/mol. The minimum Gasteiger partial charge on any atom is -0.381 e. The van der Waals surface area contributed by atoms with Gasteiger partial charge in [0.1, 0.15) is 5.82 Å². The van der Waals surface area contributed by atoms with E-state index in [4.69, 9.17) is 10.5 Å². The van der Waals surface area contributed by atoms with Crippen molar-refractivity contribution in [1.29, 1.82) is 0 Å². The van der Waals surface area contributed by atoms with Crippen LogP contribution in [0, 0.1) is 5.82 Å². The summed E-state index contributed by atoms with van der Waals surface area (Å²) >= 11 is 1.86. The Hall–Kier alpha value is -1.14. The highest BCUT2D eigenvalue weighted by Crippen LogP contribution is 2.38. The molecule has 2 atom stereocenters. The van der Waals surface area contributed by atoms with Crippen molar-refractivity contribution in [3.8, 4) is 0 Å². The lowest BCUT2D eigenvalue weighted by Crippen LogP contribution is -2.42. The van der Waals surface area contributed by atoms with E-state index in [0.717, 1.165) is 43.2 Å². The van der Waals surface area contributed by atoms with Crippen LogP contribution in [0.1, 0.15) is 64.0 Å². The molecule has 0 aliphatic carbocycles. The van der Waals surface area contributed by atoms with Gasteiger partial charge < -0.3 is 10.5 Å². The standard InChI is InChI=1S/C24H35FN2OS/c1-4-6-7-19(5-2)23-11-8-18(3)27(29-23)17-20-9-10-21(16-22(20)25)24(26)12-14-28-15-13-24/h5-7,9-10,16,18,23H,4,8,11-15,17,26H2,1-3H3/b7-6-,19-5+/t18-,23?/m0/s1. The molecule has 0 aromatic heterocycles. The molecule has 0 saturated carbocycles. The number of rotatable bonds is 6. The summed E-state index contributed by atoms with van der Waals surface area (Å²) in [7, 11) is 0. The first-order chi connectivity index (χ1) is 14.0. The molecule has 0 bridgehead atoms. The molecule has 2 aliphatic heterocycles. The number of nitrogens with zero attached hydrogens (tertiary/aromatic N) is 1. The lowest BCUT2D eigenvalue weighted by Gasteiger charge is -2.38. The van der Waals surface area contributed by atoms with Crippen molar-refractivity contribution in [2.75, 3.05) is 13.2 Å². The number of allylic oxidation sites excluding steroid dienone is 3. The minimum absolute atomic E-state index is 0.147. The number of ether oxygens (including phenoxy) is 1. The predicted molar refractivity (Wildman–Crippen MR) is 121 cm³/mol. The van der Waals surface area contributed by atoms with Crippen molar-refractivity contribution in [3.63, 3.8) is 0 Å². The maximum absolute atomic E-state index is 15.0. The molecule has 29 heavy (non-hydrogen) atoms. The summed E-state index contributed by atoms with van der Waals surface area (Å²) in [6.45, 7) is 8.40. The predicted octanol–water partition coefficient (Wildman–Crippen LogP) is 5.70. The molecule has 2 saturated heterocycles. The van der Waals surface area contributed by atoms with Crippen LogP contribution < -0.4 is 5.73 Å². The number of halogens is 1. The minimum atomic E-state index is -0.470. The molecular formula is C24H35FN2OS. The van der Waals surface area contributed by atoms with E-state index in [1.807, 2.05) is 24.1 Å². The normalized spacial score (nSPS) is 26.2. The zero-order valence-corrected chi connectivity index (χ0v) is 18.8. The second-order valence-corrected chi connectivity index (χ2v) is 9.52. The molecule has 2 aliphatic rings. The van der Waals surface area contributed by atoms with Crippen LogP contribution in [0.5, 0.6) is 0 Å². The van der Waals surface area contributed by atoms with Crippen molar-refractivity contribution >= 4 is 11.9 Å². The SMILES string of the molecule is C/C=C(\C=C/CC)C1CC[C@H](C)N(Cc2ccc(C3(N)CCOCC3)cc2F)S1. The van der Waals surface area contributed by atoms with Crippen LogP contribution in [-0.2, 0) is 16.8 Å². The van der Waals surface area contributed by atoms with E-state index in [2.05, 4.69) is 43.3 Å². The first-order valence-electron chi connectivity index (χ1n) is 10.9. The first-order valence-corrected chi connectivity index (χ1v) is 11.7. The molecule has 0 amide bonds. The molecule has 2 fully saturated rings. The van der Waals surface area contributed by atoms with Crippen molar-refractivity contribution < 1.29 is 9.13 Å². The van der Waals surface area contributed by atoms with Crippen LogP contribution in [0.3, 0.4) is 0 Å². The Morgan fingerprint density at radius 3 is 2.76 bits per heavy atom. The highest BCUT2D eigenvalue weighted by molar-refractivity contribution is 7.97. The second-order valence-electron chi connectivity index (χ2n) is 8.27. The lowest BCUT2D eigenvalue weighted by molar-refractivity contribution is 0.0521. The molecule has 1 aromatic rings. The average molecular weight is 419 g/mol. The van der Waals surface area contributed by atoms with Gasteiger partial charge in [-0.1, -0.05) is 49.2 Å². The number of hydrogen-bond acceptors (Lipinski definition) is 4. The van der Waals surface area contributed by atoms with Gasteiger partial charge in [-0.05, 0) is 63.2 Å². The molecule has 0 radical (unpaired) electrons. The van der Waals surface area contributed by atoms with Crippen LogP contribution in [0.25, 0.3) is 0 Å². The zero-order valence-electron chi connectivity index (χ0n) is 18.0. The summed E-state index contributed by atoms with van der Waals surface area (Å²) in [6, 6.07) is 6.03. The second kappa shape index (κ2) is 10.3. The Balaban J connectivity index is 1.71. The van der Waals surface area contributed by atoms with Crippen molar-refractivity contribution in [2.45, 2.75) is 76.3 Å². The third-order valence-corrected chi connectivity index (χ3v) is 7.71. The highest BCUT2D eigenvalue weighted by Gasteiger charge is 2.32. The number of benzene rings is 1. The zero-order chi connectivity index (χ0) is 20.9. The maximum atomic E-state index is 15.0. The Morgan fingerprint density at radius 2 is 2.10 bits per heavy atom. The van der Waals surface area contributed by atoms with Gasteiger partial charge in [0.25, 0.3) is 0 Å². The summed E-state index contributed by atoms with van der Waals surface area (Å²) in [6.07, 6.45) is 11.5. The first kappa shape index (κ1) is 22.5. The fourth-order valence-corrected chi connectivity index (χ4v) is 5.53. The van der Waals surface area contributed by atoms with E-state index >= 15 is 4.39 Å². The summed E-state index contributed by atoms with van der Waals surface area (Å²) < 4.78 is 22.8. The van der Waals surface area contributed by atoms with Gasteiger partial charge in [0.05, 0.1) is 0 Å². The summed E-state index contributed by atoms with van der Waals surface area (Å²) in [4.78, 5) is 0. The van der Waals surface area contributed by atoms with E-state index in [-0.39, 0.29) is 5.82 Å². The Bertz CT molecular complexity index is 742. The lowest BCUT2D eigenvalue weighted by atomic mass is 9.83. The molecule has 5 heteroatoms. The molecule has 0 spiro atoms. The van der Waals surface area contributed by atoms with Gasteiger partial charge in [0.15, 0.2) is 0 Å². The quantitative estimate of drug-likeness (QED) is 0.475. The topological polar surface area (TPSA) is 38.5 Å². The van der Waals surface area contributed by atoms with Crippen LogP contribution >= 0.6 is 11.9 Å². The van der Waals surface area contributed by atoms with E-state index in [1.54, 1.807) is 6.07 Å². The van der Waals surface area contributed by atoms with Gasteiger partial charge in [-0.3, -0.25) is 0 Å². The highest BCUT2D eigenvalue weighted by atomic mass is 32.2. The molecule has 3 nitrogen and oxygen atoms in total. The average Bonchev–Trinajstić information content (AvgIpc) is 2.72. The number of hydrogen-bond donors (Lipinski definition) is 1. The third kappa shape index (κ3) is 5.52. The van der Waals surface area contributed by atoms with Crippen molar-refractivity contribution in [3.05, 3.63) is 58.9 Å². The van der Waals surface area contributed by atoms with Gasteiger partial charge in [-0.2, -0.15) is 0 Å². The van der Waals surface area contributed by atoms with Crippen molar-refractivity contribution in [1.82, 2.24) is 4.31 Å². The van der Waals surface area contributed by atoms with Crippen LogP contribution in [0.2, 0.25) is 0 Å². The van der Waals surface area contributed by atoms with E-state index in [1.165, 1.54) is 5.57 Å². The smallest absolute Gasteiger partial charge is 0.128 e. The molecule has 160 valence electrons. The van der Waals surface area contributed by atoms with Crippen LogP contribution in [0.15, 0.2) is 42.0 Å².